The molecule has 0 bridgehead atoms. The molecule has 4 aromatic rings. The predicted molar refractivity (Wildman–Crippen MR) is 160 cm³/mol. The first kappa shape index (κ1) is 28.4. The molecule has 0 radical (unpaired) electrons. The Hall–Kier alpha value is -4.08. The highest BCUT2D eigenvalue weighted by atomic mass is 35.5. The van der Waals surface area contributed by atoms with E-state index < -0.39 is 17.7 Å². The van der Waals surface area contributed by atoms with Gasteiger partial charge in [0.15, 0.2) is 16.6 Å². The van der Waals surface area contributed by atoms with Crippen LogP contribution in [0.15, 0.2) is 66.2 Å². The molecule has 0 aliphatic carbocycles. The fourth-order valence-electron chi connectivity index (χ4n) is 4.65. The number of aliphatic hydroxyl groups is 1. The average molecular weight is 593 g/mol. The summed E-state index contributed by atoms with van der Waals surface area (Å²) in [5.41, 5.74) is 1.51. The van der Waals surface area contributed by atoms with Crippen LogP contribution in [0.2, 0.25) is 5.02 Å². The van der Waals surface area contributed by atoms with E-state index in [1.165, 1.54) is 23.3 Å². The van der Waals surface area contributed by atoms with Gasteiger partial charge in [-0.1, -0.05) is 42.3 Å². The van der Waals surface area contributed by atoms with E-state index in [0.29, 0.717) is 57.3 Å². The number of ketones is 1. The van der Waals surface area contributed by atoms with Gasteiger partial charge in [0.1, 0.15) is 11.5 Å². The van der Waals surface area contributed by atoms with E-state index in [1.807, 2.05) is 6.92 Å². The van der Waals surface area contributed by atoms with Crippen molar-refractivity contribution in [3.8, 4) is 17.2 Å². The molecule has 1 amide bonds. The standard InChI is InChI=1S/C31H29ClN2O6S/c1-4-6-15-40-23-14-9-19(16-24(23)39-5-2)27-26(28(35)18-7-11-21(38-3)12-8-18)29(36)30(37)34(27)31-33-22-13-10-20(32)17-25(22)41-31/h7-14,16-17,27,35H,4-6,15H2,1-3H3. The SMILES string of the molecule is CCCCOc1ccc(C2C(=C(O)c3ccc(OC)cc3)C(=O)C(=O)N2c2nc3ccc(Cl)cc3s2)cc1OCC. The molecule has 1 aliphatic rings. The summed E-state index contributed by atoms with van der Waals surface area (Å²) in [6, 6.07) is 16.2. The first-order valence-corrected chi connectivity index (χ1v) is 14.5. The van der Waals surface area contributed by atoms with E-state index in [0.717, 1.165) is 17.5 Å². The van der Waals surface area contributed by atoms with Crippen LogP contribution in [0.3, 0.4) is 0 Å². The molecule has 2 heterocycles. The monoisotopic (exact) mass is 592 g/mol. The number of anilines is 1. The number of aliphatic hydroxyl groups excluding tert-OH is 1. The van der Waals surface area contributed by atoms with Crippen LogP contribution in [0, 0.1) is 0 Å². The highest BCUT2D eigenvalue weighted by molar-refractivity contribution is 7.22. The van der Waals surface area contributed by atoms with Crippen molar-refractivity contribution in [1.29, 1.82) is 0 Å². The largest absolute Gasteiger partial charge is 0.507 e. The highest BCUT2D eigenvalue weighted by Gasteiger charge is 2.48. The summed E-state index contributed by atoms with van der Waals surface area (Å²) in [6.45, 7) is 4.86. The first-order chi connectivity index (χ1) is 19.9. The van der Waals surface area contributed by atoms with Crippen molar-refractivity contribution in [2.45, 2.75) is 32.7 Å². The lowest BCUT2D eigenvalue weighted by Crippen LogP contribution is -2.29. The quantitative estimate of drug-likeness (QED) is 0.0902. The summed E-state index contributed by atoms with van der Waals surface area (Å²) in [6.07, 6.45) is 1.87. The van der Waals surface area contributed by atoms with Gasteiger partial charge in [-0.15, -0.1) is 0 Å². The third-order valence-corrected chi connectivity index (χ3v) is 7.94. The Kier molecular flexibility index (Phi) is 8.46. The summed E-state index contributed by atoms with van der Waals surface area (Å²) < 4.78 is 17.8. The van der Waals surface area contributed by atoms with Crippen LogP contribution < -0.4 is 19.1 Å². The molecule has 10 heteroatoms. The predicted octanol–water partition coefficient (Wildman–Crippen LogP) is 7.16. The number of fused-ring (bicyclic) bond motifs is 1. The molecule has 41 heavy (non-hydrogen) atoms. The van der Waals surface area contributed by atoms with Crippen molar-refractivity contribution < 1.29 is 28.9 Å². The van der Waals surface area contributed by atoms with Gasteiger partial charge in [0.25, 0.3) is 5.78 Å². The van der Waals surface area contributed by atoms with E-state index in [1.54, 1.807) is 60.7 Å². The molecule has 1 aromatic heterocycles. The van der Waals surface area contributed by atoms with Crippen molar-refractivity contribution in [3.63, 3.8) is 0 Å². The van der Waals surface area contributed by atoms with Gasteiger partial charge < -0.3 is 19.3 Å². The molecule has 8 nitrogen and oxygen atoms in total. The average Bonchev–Trinajstić information content (AvgIpc) is 3.51. The number of halogens is 1. The summed E-state index contributed by atoms with van der Waals surface area (Å²) >= 11 is 7.43. The molecule has 3 aromatic carbocycles. The number of nitrogens with zero attached hydrogens (tertiary/aromatic N) is 2. The van der Waals surface area contributed by atoms with Gasteiger partial charge in [0.05, 0.1) is 42.2 Å². The normalized spacial score (nSPS) is 16.4. The number of methoxy groups -OCH3 is 1. The fourth-order valence-corrected chi connectivity index (χ4v) is 5.92. The zero-order chi connectivity index (χ0) is 29.1. The van der Waals surface area contributed by atoms with Gasteiger partial charge in [-0.05, 0) is 73.5 Å². The minimum absolute atomic E-state index is 0.0560. The summed E-state index contributed by atoms with van der Waals surface area (Å²) in [5.74, 6) is -0.285. The second-order valence-electron chi connectivity index (χ2n) is 9.35. The molecule has 0 saturated carbocycles. The van der Waals surface area contributed by atoms with Gasteiger partial charge in [0, 0.05) is 10.6 Å². The zero-order valence-corrected chi connectivity index (χ0v) is 24.4. The Morgan fingerprint density at radius 2 is 1.80 bits per heavy atom. The number of hydrogen-bond donors (Lipinski definition) is 1. The van der Waals surface area contributed by atoms with Crippen molar-refractivity contribution in [2.75, 3.05) is 25.2 Å². The van der Waals surface area contributed by atoms with Crippen LogP contribution in [0.4, 0.5) is 5.13 Å². The molecule has 1 N–H and O–H groups in total. The number of hydrogen-bond acceptors (Lipinski definition) is 8. The van der Waals surface area contributed by atoms with Crippen LogP contribution in [0.25, 0.3) is 16.0 Å². The van der Waals surface area contributed by atoms with E-state index in [-0.39, 0.29) is 11.3 Å². The van der Waals surface area contributed by atoms with Crippen LogP contribution in [-0.2, 0) is 9.59 Å². The number of carbonyl (C=O) groups is 2. The maximum atomic E-state index is 13.6. The third kappa shape index (κ3) is 5.60. The molecular weight excluding hydrogens is 564 g/mol. The Balaban J connectivity index is 1.68. The van der Waals surface area contributed by atoms with E-state index >= 15 is 0 Å². The minimum Gasteiger partial charge on any atom is -0.507 e. The topological polar surface area (TPSA) is 98.2 Å². The number of amides is 1. The number of Topliss-reactive ketones (excluding diaryl/α,β-unsaturated/α-hetero) is 1. The Morgan fingerprint density at radius 3 is 2.51 bits per heavy atom. The van der Waals surface area contributed by atoms with Gasteiger partial charge in [-0.25, -0.2) is 4.98 Å². The maximum absolute atomic E-state index is 13.6. The third-order valence-electron chi connectivity index (χ3n) is 6.69. The van der Waals surface area contributed by atoms with Crippen molar-refractivity contribution in [1.82, 2.24) is 4.98 Å². The Bertz CT molecular complexity index is 1630. The fraction of sp³-hybridized carbons (Fsp3) is 0.258. The summed E-state index contributed by atoms with van der Waals surface area (Å²) in [4.78, 5) is 33.2. The molecule has 1 fully saturated rings. The minimum atomic E-state index is -0.975. The number of rotatable bonds is 10. The number of thiazole rings is 1. The number of aromatic nitrogens is 1. The lowest BCUT2D eigenvalue weighted by atomic mass is 9.95. The van der Waals surface area contributed by atoms with Gasteiger partial charge in [-0.3, -0.25) is 14.5 Å². The van der Waals surface area contributed by atoms with Crippen molar-refractivity contribution in [3.05, 3.63) is 82.4 Å². The Labute approximate surface area is 246 Å². The zero-order valence-electron chi connectivity index (χ0n) is 22.8. The lowest BCUT2D eigenvalue weighted by Gasteiger charge is -2.24. The van der Waals surface area contributed by atoms with Crippen LogP contribution in [-0.4, -0.2) is 42.1 Å². The Morgan fingerprint density at radius 1 is 1.02 bits per heavy atom. The number of carbonyl (C=O) groups excluding carboxylic acids is 2. The number of ether oxygens (including phenoxy) is 3. The molecule has 212 valence electrons. The maximum Gasteiger partial charge on any atom is 0.301 e. The smallest absolute Gasteiger partial charge is 0.301 e. The lowest BCUT2D eigenvalue weighted by molar-refractivity contribution is -0.132. The summed E-state index contributed by atoms with van der Waals surface area (Å²) in [5, 5.41) is 12.3. The first-order valence-electron chi connectivity index (χ1n) is 13.3. The molecule has 1 unspecified atom stereocenters. The second kappa shape index (κ2) is 12.2. The van der Waals surface area contributed by atoms with Crippen LogP contribution in [0.5, 0.6) is 17.2 Å². The van der Waals surface area contributed by atoms with Crippen LogP contribution >= 0.6 is 22.9 Å². The van der Waals surface area contributed by atoms with Gasteiger partial charge in [-0.2, -0.15) is 0 Å². The van der Waals surface area contributed by atoms with E-state index in [4.69, 9.17) is 25.8 Å². The van der Waals surface area contributed by atoms with Crippen molar-refractivity contribution in [2.24, 2.45) is 0 Å². The van der Waals surface area contributed by atoms with E-state index in [9.17, 15) is 14.7 Å². The van der Waals surface area contributed by atoms with Gasteiger partial charge in [0.2, 0.25) is 0 Å². The second-order valence-corrected chi connectivity index (χ2v) is 10.8. The van der Waals surface area contributed by atoms with Crippen LogP contribution in [0.1, 0.15) is 43.9 Å². The molecule has 5 rings (SSSR count). The molecule has 0 spiro atoms. The number of benzene rings is 3. The van der Waals surface area contributed by atoms with E-state index in [2.05, 4.69) is 11.9 Å². The molecule has 1 aliphatic heterocycles. The summed E-state index contributed by atoms with van der Waals surface area (Å²) in [7, 11) is 1.54. The molecule has 1 atom stereocenters. The molecule has 1 saturated heterocycles. The van der Waals surface area contributed by atoms with Crippen molar-refractivity contribution >= 4 is 55.7 Å². The number of unbranched alkanes of at least 4 members (excludes halogenated alkanes) is 1. The molecular formula is C31H29ClN2O6S. The highest BCUT2D eigenvalue weighted by Crippen LogP contribution is 2.46. The van der Waals surface area contributed by atoms with Gasteiger partial charge >= 0.3 is 5.91 Å².